The van der Waals surface area contributed by atoms with E-state index in [2.05, 4.69) is 52.7 Å². The fraction of sp³-hybridized carbons (Fsp3) is 0.412. The van der Waals surface area contributed by atoms with Crippen LogP contribution in [0.1, 0.15) is 27.8 Å². The summed E-state index contributed by atoms with van der Waals surface area (Å²) < 4.78 is 0. The van der Waals surface area contributed by atoms with Gasteiger partial charge in [0.2, 0.25) is 0 Å². The minimum Gasteiger partial charge on any atom is -0.356 e. The van der Waals surface area contributed by atoms with E-state index in [4.69, 9.17) is 0 Å². The highest BCUT2D eigenvalue weighted by atomic mass is 32.1. The van der Waals surface area contributed by atoms with E-state index in [0.717, 1.165) is 31.9 Å². The van der Waals surface area contributed by atoms with Gasteiger partial charge < -0.3 is 10.6 Å². The van der Waals surface area contributed by atoms with Gasteiger partial charge in [-0.1, -0.05) is 6.92 Å². The monoisotopic (exact) mass is 316 g/mol. The second-order valence-electron chi connectivity index (χ2n) is 5.13. The van der Waals surface area contributed by atoms with Gasteiger partial charge in [0.25, 0.3) is 0 Å². The SMILES string of the molecule is CCc1ccc(CNC(=NC)NCCc2ccncc2C)s1. The van der Waals surface area contributed by atoms with E-state index < -0.39 is 0 Å². The van der Waals surface area contributed by atoms with Crippen molar-refractivity contribution in [2.75, 3.05) is 13.6 Å². The molecule has 0 bridgehead atoms. The molecule has 0 aliphatic rings. The molecule has 2 rings (SSSR count). The normalized spacial score (nSPS) is 11.5. The van der Waals surface area contributed by atoms with Crippen LogP contribution >= 0.6 is 11.3 Å². The van der Waals surface area contributed by atoms with Crippen LogP contribution in [0.25, 0.3) is 0 Å². The van der Waals surface area contributed by atoms with Crippen LogP contribution in [-0.4, -0.2) is 24.5 Å². The molecule has 0 unspecified atom stereocenters. The number of thiophene rings is 1. The molecule has 2 aromatic heterocycles. The maximum atomic E-state index is 4.27. The molecule has 0 atom stereocenters. The van der Waals surface area contributed by atoms with E-state index in [-0.39, 0.29) is 0 Å². The van der Waals surface area contributed by atoms with Gasteiger partial charge in [0, 0.05) is 35.7 Å². The van der Waals surface area contributed by atoms with Crippen molar-refractivity contribution in [2.24, 2.45) is 4.99 Å². The molecule has 2 aromatic rings. The van der Waals surface area contributed by atoms with Crippen molar-refractivity contribution in [2.45, 2.75) is 33.2 Å². The molecule has 4 nitrogen and oxygen atoms in total. The Morgan fingerprint density at radius 1 is 1.23 bits per heavy atom. The standard InChI is InChI=1S/C17H24N4S/c1-4-15-5-6-16(22-15)12-21-17(18-3)20-10-8-14-7-9-19-11-13(14)2/h5-7,9,11H,4,8,10,12H2,1-3H3,(H2,18,20,21). The molecule has 0 radical (unpaired) electrons. The van der Waals surface area contributed by atoms with Crippen LogP contribution in [0.5, 0.6) is 0 Å². The molecule has 2 heterocycles. The van der Waals surface area contributed by atoms with Crippen molar-refractivity contribution < 1.29 is 0 Å². The molecule has 0 aliphatic heterocycles. The van der Waals surface area contributed by atoms with Crippen molar-refractivity contribution in [3.8, 4) is 0 Å². The zero-order valence-corrected chi connectivity index (χ0v) is 14.3. The summed E-state index contributed by atoms with van der Waals surface area (Å²) >= 11 is 1.86. The quantitative estimate of drug-likeness (QED) is 0.636. The van der Waals surface area contributed by atoms with Crippen molar-refractivity contribution in [1.29, 1.82) is 0 Å². The molecule has 2 N–H and O–H groups in total. The Bertz CT molecular complexity index is 619. The lowest BCUT2D eigenvalue weighted by Gasteiger charge is -2.12. The van der Waals surface area contributed by atoms with Gasteiger partial charge in [0.1, 0.15) is 0 Å². The van der Waals surface area contributed by atoms with E-state index in [0.29, 0.717) is 0 Å². The predicted octanol–water partition coefficient (Wildman–Crippen LogP) is 2.92. The van der Waals surface area contributed by atoms with Crippen LogP contribution in [0.4, 0.5) is 0 Å². The Morgan fingerprint density at radius 3 is 2.73 bits per heavy atom. The van der Waals surface area contributed by atoms with Gasteiger partial charge in [0.05, 0.1) is 6.54 Å². The largest absolute Gasteiger partial charge is 0.356 e. The Morgan fingerprint density at radius 2 is 2.05 bits per heavy atom. The van der Waals surface area contributed by atoms with Gasteiger partial charge in [-0.15, -0.1) is 11.3 Å². The van der Waals surface area contributed by atoms with Crippen LogP contribution in [0.2, 0.25) is 0 Å². The van der Waals surface area contributed by atoms with Crippen LogP contribution < -0.4 is 10.6 Å². The molecule has 118 valence electrons. The Balaban J connectivity index is 1.77. The fourth-order valence-electron chi connectivity index (χ4n) is 2.20. The van der Waals surface area contributed by atoms with Gasteiger partial charge in [-0.3, -0.25) is 9.98 Å². The van der Waals surface area contributed by atoms with E-state index in [1.807, 2.05) is 23.7 Å². The Hall–Kier alpha value is -1.88. The molecule has 0 aliphatic carbocycles. The second-order valence-corrected chi connectivity index (χ2v) is 6.38. The van der Waals surface area contributed by atoms with Gasteiger partial charge in [0.15, 0.2) is 5.96 Å². The summed E-state index contributed by atoms with van der Waals surface area (Å²) in [5, 5.41) is 6.72. The molecule has 0 spiro atoms. The summed E-state index contributed by atoms with van der Waals surface area (Å²) in [5.41, 5.74) is 2.56. The molecule has 0 saturated carbocycles. The van der Waals surface area contributed by atoms with E-state index in [1.54, 1.807) is 7.05 Å². The first kappa shape index (κ1) is 16.5. The van der Waals surface area contributed by atoms with Crippen molar-refractivity contribution >= 4 is 17.3 Å². The number of aryl methyl sites for hydroxylation is 2. The molecule has 0 fully saturated rings. The summed E-state index contributed by atoms with van der Waals surface area (Å²) in [6, 6.07) is 6.46. The van der Waals surface area contributed by atoms with Crippen molar-refractivity contribution in [3.05, 3.63) is 51.5 Å². The average Bonchev–Trinajstić information content (AvgIpc) is 3.00. The predicted molar refractivity (Wildman–Crippen MR) is 94.6 cm³/mol. The van der Waals surface area contributed by atoms with Gasteiger partial charge in [-0.25, -0.2) is 0 Å². The first-order valence-electron chi connectivity index (χ1n) is 7.64. The third kappa shape index (κ3) is 4.84. The third-order valence-corrected chi connectivity index (χ3v) is 4.77. The maximum absolute atomic E-state index is 4.27. The van der Waals surface area contributed by atoms with Gasteiger partial charge in [-0.2, -0.15) is 0 Å². The molecule has 0 amide bonds. The number of aromatic nitrogens is 1. The van der Waals surface area contributed by atoms with Crippen LogP contribution in [0, 0.1) is 6.92 Å². The minimum atomic E-state index is 0.818. The number of hydrogen-bond donors (Lipinski definition) is 2. The number of hydrogen-bond acceptors (Lipinski definition) is 3. The summed E-state index contributed by atoms with van der Waals surface area (Å²) in [6.45, 7) is 5.95. The number of guanidine groups is 1. The Labute approximate surface area is 136 Å². The van der Waals surface area contributed by atoms with Crippen LogP contribution in [0.15, 0.2) is 35.6 Å². The van der Waals surface area contributed by atoms with E-state index >= 15 is 0 Å². The number of nitrogens with one attached hydrogen (secondary N) is 2. The molecule has 0 aromatic carbocycles. The third-order valence-electron chi connectivity index (χ3n) is 3.54. The average molecular weight is 316 g/mol. The fourth-order valence-corrected chi connectivity index (χ4v) is 3.09. The highest BCUT2D eigenvalue weighted by Gasteiger charge is 2.02. The van der Waals surface area contributed by atoms with E-state index in [9.17, 15) is 0 Å². The smallest absolute Gasteiger partial charge is 0.191 e. The summed E-state index contributed by atoms with van der Waals surface area (Å²) in [7, 11) is 1.80. The summed E-state index contributed by atoms with van der Waals surface area (Å²) in [5.74, 6) is 0.846. The van der Waals surface area contributed by atoms with Crippen molar-refractivity contribution in [1.82, 2.24) is 15.6 Å². The lowest BCUT2D eigenvalue weighted by molar-refractivity contribution is 0.796. The van der Waals surface area contributed by atoms with Crippen LogP contribution in [0.3, 0.4) is 0 Å². The second kappa shape index (κ2) is 8.54. The van der Waals surface area contributed by atoms with Crippen LogP contribution in [-0.2, 0) is 19.4 Å². The Kier molecular flexibility index (Phi) is 6.40. The molecule has 0 saturated heterocycles. The first-order valence-corrected chi connectivity index (χ1v) is 8.46. The first-order chi connectivity index (χ1) is 10.7. The highest BCUT2D eigenvalue weighted by Crippen LogP contribution is 2.16. The zero-order valence-electron chi connectivity index (χ0n) is 13.5. The number of aliphatic imine (C=N–C) groups is 1. The summed E-state index contributed by atoms with van der Waals surface area (Å²) in [6.07, 6.45) is 5.82. The van der Waals surface area contributed by atoms with E-state index in [1.165, 1.54) is 20.9 Å². The topological polar surface area (TPSA) is 49.3 Å². The number of nitrogens with zero attached hydrogens (tertiary/aromatic N) is 2. The number of pyridine rings is 1. The minimum absolute atomic E-state index is 0.818. The highest BCUT2D eigenvalue weighted by molar-refractivity contribution is 7.11. The van der Waals surface area contributed by atoms with Crippen molar-refractivity contribution in [3.63, 3.8) is 0 Å². The van der Waals surface area contributed by atoms with Gasteiger partial charge >= 0.3 is 0 Å². The molecule has 22 heavy (non-hydrogen) atoms. The zero-order chi connectivity index (χ0) is 15.8. The summed E-state index contributed by atoms with van der Waals surface area (Å²) in [4.78, 5) is 11.2. The molecule has 5 heteroatoms. The lowest BCUT2D eigenvalue weighted by Crippen LogP contribution is -2.37. The molecular formula is C17H24N4S. The number of rotatable bonds is 6. The lowest BCUT2D eigenvalue weighted by atomic mass is 10.1. The maximum Gasteiger partial charge on any atom is 0.191 e. The van der Waals surface area contributed by atoms with Gasteiger partial charge in [-0.05, 0) is 49.1 Å². The molecular weight excluding hydrogens is 292 g/mol.